The van der Waals surface area contributed by atoms with E-state index in [9.17, 15) is 9.59 Å². The molecule has 0 unspecified atom stereocenters. The van der Waals surface area contributed by atoms with Crippen LogP contribution < -0.4 is 0 Å². The molecule has 0 aliphatic heterocycles. The Kier molecular flexibility index (Phi) is 7.46. The van der Waals surface area contributed by atoms with Gasteiger partial charge in [-0.15, -0.1) is 0 Å². The van der Waals surface area contributed by atoms with Crippen LogP contribution in [0.2, 0.25) is 0 Å². The van der Waals surface area contributed by atoms with E-state index in [1.54, 1.807) is 4.90 Å². The highest BCUT2D eigenvalue weighted by atomic mass is 16.5. The molecule has 0 aliphatic rings. The standard InChI is InChI=1S/C20H31NO3/c1-15(2)11-13-21(14-12-18(22)24-6)19(23)16-7-9-17(10-8-16)20(3,4)5/h7-10,15H,11-14H2,1-6H3. The van der Waals surface area contributed by atoms with Crippen molar-refractivity contribution in [3.63, 3.8) is 0 Å². The zero-order chi connectivity index (χ0) is 18.3. The number of rotatable bonds is 7. The summed E-state index contributed by atoms with van der Waals surface area (Å²) < 4.78 is 4.69. The van der Waals surface area contributed by atoms with Crippen LogP contribution in [0.1, 0.15) is 63.4 Å². The zero-order valence-corrected chi connectivity index (χ0v) is 15.9. The summed E-state index contributed by atoms with van der Waals surface area (Å²) in [6.45, 7) is 11.7. The summed E-state index contributed by atoms with van der Waals surface area (Å²) in [7, 11) is 1.37. The van der Waals surface area contributed by atoms with Gasteiger partial charge in [-0.05, 0) is 35.4 Å². The number of nitrogens with zero attached hydrogens (tertiary/aromatic N) is 1. The molecule has 0 bridgehead atoms. The van der Waals surface area contributed by atoms with Gasteiger partial charge >= 0.3 is 5.97 Å². The summed E-state index contributed by atoms with van der Waals surface area (Å²) >= 11 is 0. The molecule has 0 saturated carbocycles. The van der Waals surface area contributed by atoms with E-state index in [0.717, 1.165) is 6.42 Å². The van der Waals surface area contributed by atoms with Crippen LogP contribution in [0.3, 0.4) is 0 Å². The molecule has 0 atom stereocenters. The van der Waals surface area contributed by atoms with Crippen molar-refractivity contribution in [3.8, 4) is 0 Å². The van der Waals surface area contributed by atoms with Gasteiger partial charge in [0.2, 0.25) is 0 Å². The van der Waals surface area contributed by atoms with Crippen molar-refractivity contribution in [2.45, 2.75) is 52.9 Å². The molecular formula is C20H31NO3. The molecular weight excluding hydrogens is 302 g/mol. The van der Waals surface area contributed by atoms with E-state index in [4.69, 9.17) is 0 Å². The minimum atomic E-state index is -0.291. The average molecular weight is 333 g/mol. The van der Waals surface area contributed by atoms with Gasteiger partial charge in [-0.1, -0.05) is 46.8 Å². The van der Waals surface area contributed by atoms with Crippen molar-refractivity contribution in [2.24, 2.45) is 5.92 Å². The number of benzene rings is 1. The average Bonchev–Trinajstić information content (AvgIpc) is 2.53. The molecule has 1 aromatic carbocycles. The Balaban J connectivity index is 2.86. The number of methoxy groups -OCH3 is 1. The first-order valence-corrected chi connectivity index (χ1v) is 8.61. The molecule has 0 fully saturated rings. The van der Waals surface area contributed by atoms with E-state index in [2.05, 4.69) is 39.4 Å². The molecule has 0 radical (unpaired) electrons. The fourth-order valence-corrected chi connectivity index (χ4v) is 2.35. The molecule has 1 rings (SSSR count). The molecule has 0 N–H and O–H groups in total. The Hall–Kier alpha value is -1.84. The van der Waals surface area contributed by atoms with Crippen LogP contribution in [-0.2, 0) is 14.9 Å². The van der Waals surface area contributed by atoms with Crippen LogP contribution in [-0.4, -0.2) is 37.0 Å². The first-order chi connectivity index (χ1) is 11.1. The largest absolute Gasteiger partial charge is 0.469 e. The molecule has 0 saturated heterocycles. The Bertz CT molecular complexity index is 541. The highest BCUT2D eigenvalue weighted by Crippen LogP contribution is 2.22. The minimum Gasteiger partial charge on any atom is -0.469 e. The fraction of sp³-hybridized carbons (Fsp3) is 0.600. The van der Waals surface area contributed by atoms with Crippen LogP contribution in [0.15, 0.2) is 24.3 Å². The predicted molar refractivity (Wildman–Crippen MR) is 97.1 cm³/mol. The quantitative estimate of drug-likeness (QED) is 0.708. The van der Waals surface area contributed by atoms with Crippen LogP contribution >= 0.6 is 0 Å². The molecule has 1 amide bonds. The molecule has 0 spiro atoms. The lowest BCUT2D eigenvalue weighted by molar-refractivity contribution is -0.140. The Labute approximate surface area is 146 Å². The van der Waals surface area contributed by atoms with Gasteiger partial charge < -0.3 is 9.64 Å². The van der Waals surface area contributed by atoms with Crippen LogP contribution in [0.5, 0.6) is 0 Å². The highest BCUT2D eigenvalue weighted by molar-refractivity contribution is 5.94. The fourth-order valence-electron chi connectivity index (χ4n) is 2.35. The van der Waals surface area contributed by atoms with Crippen molar-refractivity contribution in [2.75, 3.05) is 20.2 Å². The predicted octanol–water partition coefficient (Wildman–Crippen LogP) is 4.04. The van der Waals surface area contributed by atoms with E-state index in [-0.39, 0.29) is 23.7 Å². The Morgan fingerprint density at radius 3 is 2.12 bits per heavy atom. The summed E-state index contributed by atoms with van der Waals surface area (Å²) in [4.78, 5) is 26.0. The monoisotopic (exact) mass is 333 g/mol. The van der Waals surface area contributed by atoms with Crippen molar-refractivity contribution in [1.82, 2.24) is 4.90 Å². The van der Waals surface area contributed by atoms with Gasteiger partial charge in [0.15, 0.2) is 0 Å². The van der Waals surface area contributed by atoms with Gasteiger partial charge in [-0.2, -0.15) is 0 Å². The second-order valence-corrected chi connectivity index (χ2v) is 7.63. The number of hydrogen-bond donors (Lipinski definition) is 0. The Morgan fingerprint density at radius 2 is 1.67 bits per heavy atom. The highest BCUT2D eigenvalue weighted by Gasteiger charge is 2.19. The third-order valence-electron chi connectivity index (χ3n) is 4.07. The number of amides is 1. The van der Waals surface area contributed by atoms with E-state index in [1.807, 2.05) is 24.3 Å². The van der Waals surface area contributed by atoms with Gasteiger partial charge in [0.25, 0.3) is 5.91 Å². The topological polar surface area (TPSA) is 46.6 Å². The zero-order valence-electron chi connectivity index (χ0n) is 15.9. The maximum absolute atomic E-state index is 12.8. The van der Waals surface area contributed by atoms with Gasteiger partial charge in [0.05, 0.1) is 13.5 Å². The third kappa shape index (κ3) is 6.34. The lowest BCUT2D eigenvalue weighted by Crippen LogP contribution is -2.34. The summed E-state index contributed by atoms with van der Waals surface area (Å²) in [5.41, 5.74) is 1.92. The smallest absolute Gasteiger partial charge is 0.307 e. The molecule has 1 aromatic rings. The van der Waals surface area contributed by atoms with E-state index < -0.39 is 0 Å². The minimum absolute atomic E-state index is 0.0278. The summed E-state index contributed by atoms with van der Waals surface area (Å²) in [6.07, 6.45) is 1.13. The van der Waals surface area contributed by atoms with Crippen LogP contribution in [0.4, 0.5) is 0 Å². The SMILES string of the molecule is COC(=O)CCN(CCC(C)C)C(=O)c1ccc(C(C)(C)C)cc1. The van der Waals surface area contributed by atoms with E-state index in [0.29, 0.717) is 24.6 Å². The third-order valence-corrected chi connectivity index (χ3v) is 4.07. The molecule has 24 heavy (non-hydrogen) atoms. The molecule has 0 aromatic heterocycles. The van der Waals surface area contributed by atoms with Gasteiger partial charge in [-0.3, -0.25) is 9.59 Å². The number of carbonyl (C=O) groups is 2. The van der Waals surface area contributed by atoms with Crippen molar-refractivity contribution < 1.29 is 14.3 Å². The lowest BCUT2D eigenvalue weighted by Gasteiger charge is -2.24. The Morgan fingerprint density at radius 1 is 1.08 bits per heavy atom. The number of hydrogen-bond acceptors (Lipinski definition) is 3. The lowest BCUT2D eigenvalue weighted by atomic mass is 9.86. The van der Waals surface area contributed by atoms with Crippen molar-refractivity contribution >= 4 is 11.9 Å². The second kappa shape index (κ2) is 8.86. The van der Waals surface area contributed by atoms with Gasteiger partial charge in [0, 0.05) is 18.7 Å². The molecule has 134 valence electrons. The normalized spacial score (nSPS) is 11.5. The van der Waals surface area contributed by atoms with Crippen LogP contribution in [0.25, 0.3) is 0 Å². The maximum Gasteiger partial charge on any atom is 0.307 e. The first-order valence-electron chi connectivity index (χ1n) is 8.61. The van der Waals surface area contributed by atoms with Crippen molar-refractivity contribution in [1.29, 1.82) is 0 Å². The molecule has 0 aliphatic carbocycles. The summed E-state index contributed by atoms with van der Waals surface area (Å²) in [6, 6.07) is 7.77. The first kappa shape index (κ1) is 20.2. The van der Waals surface area contributed by atoms with Crippen molar-refractivity contribution in [3.05, 3.63) is 35.4 Å². The van der Waals surface area contributed by atoms with E-state index >= 15 is 0 Å². The summed E-state index contributed by atoms with van der Waals surface area (Å²) in [5, 5.41) is 0. The van der Waals surface area contributed by atoms with Crippen LogP contribution in [0, 0.1) is 5.92 Å². The second-order valence-electron chi connectivity index (χ2n) is 7.63. The number of ether oxygens (including phenoxy) is 1. The number of esters is 1. The van der Waals surface area contributed by atoms with Gasteiger partial charge in [0.1, 0.15) is 0 Å². The number of carbonyl (C=O) groups excluding carboxylic acids is 2. The summed E-state index contributed by atoms with van der Waals surface area (Å²) in [5.74, 6) is 0.183. The maximum atomic E-state index is 12.8. The molecule has 4 heteroatoms. The molecule has 4 nitrogen and oxygen atoms in total. The van der Waals surface area contributed by atoms with E-state index in [1.165, 1.54) is 12.7 Å². The molecule has 0 heterocycles. The van der Waals surface area contributed by atoms with Gasteiger partial charge in [-0.25, -0.2) is 0 Å².